The Hall–Kier alpha value is -4.04. The van der Waals surface area contributed by atoms with E-state index >= 15 is 0 Å². The maximum absolute atomic E-state index is 11.3. The summed E-state index contributed by atoms with van der Waals surface area (Å²) in [4.78, 5) is 0. The number of rotatable bonds is 16. The summed E-state index contributed by atoms with van der Waals surface area (Å²) in [5, 5.41) is 11.3. The second-order valence-corrected chi connectivity index (χ2v) is 13.2. The van der Waals surface area contributed by atoms with E-state index in [9.17, 15) is 5.11 Å². The highest BCUT2D eigenvalue weighted by Gasteiger charge is 2.31. The van der Waals surface area contributed by atoms with Gasteiger partial charge in [-0.2, -0.15) is 0 Å². The smallest absolute Gasteiger partial charge is 0.368 e. The van der Waals surface area contributed by atoms with Gasteiger partial charge in [-0.15, -0.1) is 0 Å². The van der Waals surface area contributed by atoms with Crippen LogP contribution in [-0.2, 0) is 20.3 Å². The summed E-state index contributed by atoms with van der Waals surface area (Å²) in [6.07, 6.45) is 0.489. The number of hydrogen-bond acceptors (Lipinski definition) is 7. The average Bonchev–Trinajstić information content (AvgIpc) is 3.92. The van der Waals surface area contributed by atoms with Gasteiger partial charge >= 0.3 is 5.97 Å². The van der Waals surface area contributed by atoms with Crippen LogP contribution in [0, 0.1) is 0 Å². The van der Waals surface area contributed by atoms with Gasteiger partial charge in [-0.1, -0.05) is 83.1 Å². The Labute approximate surface area is 279 Å². The summed E-state index contributed by atoms with van der Waals surface area (Å²) in [6.45, 7) is 14.4. The molecule has 0 aliphatic carbocycles. The number of epoxide rings is 1. The number of methoxy groups -OCH3 is 1. The Balaban J connectivity index is 1.20. The van der Waals surface area contributed by atoms with Crippen molar-refractivity contribution in [3.05, 3.63) is 119 Å². The van der Waals surface area contributed by atoms with E-state index in [1.165, 1.54) is 5.56 Å². The summed E-state index contributed by atoms with van der Waals surface area (Å²) in [6, 6.07) is 31.9. The van der Waals surface area contributed by atoms with Crippen molar-refractivity contribution >= 4 is 0 Å². The molecule has 1 saturated heterocycles. The van der Waals surface area contributed by atoms with Crippen LogP contribution >= 0.6 is 0 Å². The van der Waals surface area contributed by atoms with Crippen LogP contribution in [0.3, 0.4) is 0 Å². The van der Waals surface area contributed by atoms with Crippen molar-refractivity contribution in [2.75, 3.05) is 26.9 Å². The highest BCUT2D eigenvalue weighted by molar-refractivity contribution is 5.43. The minimum Gasteiger partial charge on any atom is -0.491 e. The molecule has 1 N–H and O–H groups in total. The zero-order valence-corrected chi connectivity index (χ0v) is 28.6. The van der Waals surface area contributed by atoms with Gasteiger partial charge in [-0.25, -0.2) is 0 Å². The Bertz CT molecular complexity index is 1560. The first-order chi connectivity index (χ1) is 22.4. The molecule has 47 heavy (non-hydrogen) atoms. The lowest BCUT2D eigenvalue weighted by molar-refractivity contribution is -0.273. The third kappa shape index (κ3) is 8.66. The van der Waals surface area contributed by atoms with E-state index in [4.69, 9.17) is 28.4 Å². The number of aliphatic hydroxyl groups is 1. The molecule has 4 aromatic rings. The maximum Gasteiger partial charge on any atom is 0.368 e. The average molecular weight is 641 g/mol. The molecule has 7 nitrogen and oxygen atoms in total. The maximum atomic E-state index is 11.3. The zero-order chi connectivity index (χ0) is 33.7. The van der Waals surface area contributed by atoms with Crippen LogP contribution in [0.1, 0.15) is 70.2 Å². The van der Waals surface area contributed by atoms with Gasteiger partial charge in [0.1, 0.15) is 42.3 Å². The van der Waals surface area contributed by atoms with Gasteiger partial charge in [0.2, 0.25) is 0 Å². The molecule has 0 spiro atoms. The summed E-state index contributed by atoms with van der Waals surface area (Å²) in [7, 11) is 1.68. The normalized spacial score (nSPS) is 16.6. The Morgan fingerprint density at radius 2 is 1.02 bits per heavy atom. The van der Waals surface area contributed by atoms with Crippen LogP contribution in [0.4, 0.5) is 0 Å². The molecular weight excluding hydrogens is 592 g/mol. The minimum atomic E-state index is -1.83. The first-order valence-electron chi connectivity index (χ1n) is 16.3. The van der Waals surface area contributed by atoms with Crippen LogP contribution in [0.5, 0.6) is 23.0 Å². The van der Waals surface area contributed by atoms with Crippen LogP contribution < -0.4 is 18.9 Å². The molecule has 5 rings (SSSR count). The molecule has 0 aromatic heterocycles. The molecule has 0 amide bonds. The lowest BCUT2D eigenvalue weighted by Crippen LogP contribution is -2.41. The largest absolute Gasteiger partial charge is 0.491 e. The number of hydrogen-bond donors (Lipinski definition) is 1. The Morgan fingerprint density at radius 3 is 1.36 bits per heavy atom. The van der Waals surface area contributed by atoms with Crippen molar-refractivity contribution in [1.82, 2.24) is 0 Å². The first-order valence-corrected chi connectivity index (χ1v) is 16.3. The van der Waals surface area contributed by atoms with Crippen molar-refractivity contribution in [3.8, 4) is 23.0 Å². The quantitative estimate of drug-likeness (QED) is 0.0981. The highest BCUT2D eigenvalue weighted by atomic mass is 16.8. The molecule has 1 heterocycles. The monoisotopic (exact) mass is 640 g/mol. The second kappa shape index (κ2) is 14.4. The van der Waals surface area contributed by atoms with Gasteiger partial charge in [0.05, 0.1) is 19.1 Å². The fourth-order valence-corrected chi connectivity index (χ4v) is 5.32. The first kappa shape index (κ1) is 34.3. The molecule has 1 fully saturated rings. The fourth-order valence-electron chi connectivity index (χ4n) is 5.32. The zero-order valence-electron chi connectivity index (χ0n) is 28.6. The lowest BCUT2D eigenvalue weighted by Gasteiger charge is -2.30. The Morgan fingerprint density at radius 1 is 0.660 bits per heavy atom. The van der Waals surface area contributed by atoms with E-state index in [0.717, 1.165) is 34.8 Å². The molecule has 7 heteroatoms. The standard InChI is InChI=1S/C40H48O7/c1-8-40(41,46-35-21-13-31(14-22-35)38(3,4)29-9-17-33(18-10-29)43-25-28(2)42-7)47-36-23-15-32(16-24-36)39(5,6)30-11-19-34(20-12-30)44-26-37-27-45-37/h9-24,28,37,41H,8,25-27H2,1-7H3. The van der Waals surface area contributed by atoms with E-state index in [2.05, 4.69) is 52.0 Å². The minimum absolute atomic E-state index is 0.0314. The third-order valence-corrected chi connectivity index (χ3v) is 9.03. The molecule has 1 aliphatic rings. The van der Waals surface area contributed by atoms with Crippen molar-refractivity contribution in [2.24, 2.45) is 0 Å². The highest BCUT2D eigenvalue weighted by Crippen LogP contribution is 2.36. The summed E-state index contributed by atoms with van der Waals surface area (Å²) < 4.78 is 34.1. The van der Waals surface area contributed by atoms with E-state index in [1.807, 2.05) is 86.6 Å². The predicted octanol–water partition coefficient (Wildman–Crippen LogP) is 8.04. The third-order valence-electron chi connectivity index (χ3n) is 9.03. The van der Waals surface area contributed by atoms with Gasteiger partial charge in [-0.05, 0) is 77.7 Å². The molecule has 0 radical (unpaired) electrons. The molecule has 0 saturated carbocycles. The second-order valence-electron chi connectivity index (χ2n) is 13.2. The fraction of sp³-hybridized carbons (Fsp3) is 0.400. The Kier molecular flexibility index (Phi) is 10.5. The molecular formula is C40H48O7. The van der Waals surface area contributed by atoms with E-state index in [0.29, 0.717) is 24.7 Å². The van der Waals surface area contributed by atoms with Gasteiger partial charge in [-0.3, -0.25) is 0 Å². The predicted molar refractivity (Wildman–Crippen MR) is 184 cm³/mol. The van der Waals surface area contributed by atoms with Crippen LogP contribution in [0.15, 0.2) is 97.1 Å². The van der Waals surface area contributed by atoms with Crippen LogP contribution in [0.25, 0.3) is 0 Å². The molecule has 4 aromatic carbocycles. The lowest BCUT2D eigenvalue weighted by atomic mass is 9.78. The summed E-state index contributed by atoms with van der Waals surface area (Å²) in [5.74, 6) is 0.850. The summed E-state index contributed by atoms with van der Waals surface area (Å²) in [5.41, 5.74) is 4.05. The van der Waals surface area contributed by atoms with Crippen LogP contribution in [0.2, 0.25) is 0 Å². The van der Waals surface area contributed by atoms with Crippen molar-refractivity contribution in [2.45, 2.75) is 77.0 Å². The summed E-state index contributed by atoms with van der Waals surface area (Å²) >= 11 is 0. The topological polar surface area (TPSA) is 78.9 Å². The molecule has 3 unspecified atom stereocenters. The van der Waals surface area contributed by atoms with Crippen molar-refractivity contribution in [3.63, 3.8) is 0 Å². The van der Waals surface area contributed by atoms with E-state index in [-0.39, 0.29) is 29.5 Å². The number of benzene rings is 4. The molecule has 3 atom stereocenters. The number of ether oxygens (including phenoxy) is 6. The SMILES string of the molecule is CCC(O)(Oc1ccc(C(C)(C)c2ccc(OCC(C)OC)cc2)cc1)Oc1ccc(C(C)(C)c2ccc(OCC3CO3)cc2)cc1. The van der Waals surface area contributed by atoms with Crippen LogP contribution in [-0.4, -0.2) is 50.2 Å². The van der Waals surface area contributed by atoms with Crippen molar-refractivity contribution in [1.29, 1.82) is 0 Å². The van der Waals surface area contributed by atoms with Gasteiger partial charge < -0.3 is 33.5 Å². The van der Waals surface area contributed by atoms with Crippen molar-refractivity contribution < 1.29 is 33.5 Å². The van der Waals surface area contributed by atoms with E-state index < -0.39 is 5.97 Å². The molecule has 0 bridgehead atoms. The van der Waals surface area contributed by atoms with Gasteiger partial charge in [0.15, 0.2) is 0 Å². The molecule has 250 valence electrons. The van der Waals surface area contributed by atoms with E-state index in [1.54, 1.807) is 7.11 Å². The van der Waals surface area contributed by atoms with Gasteiger partial charge in [0.25, 0.3) is 0 Å². The molecule has 1 aliphatic heterocycles. The van der Waals surface area contributed by atoms with Gasteiger partial charge in [0, 0.05) is 17.9 Å².